The highest BCUT2D eigenvalue weighted by Gasteiger charge is 2.14. The van der Waals surface area contributed by atoms with Crippen LogP contribution in [0.25, 0.3) is 0 Å². The maximum absolute atomic E-state index is 5.32. The van der Waals surface area contributed by atoms with E-state index in [2.05, 4.69) is 22.5 Å². The maximum atomic E-state index is 5.32. The third kappa shape index (κ3) is 6.15. The molecule has 2 rings (SSSR count). The second-order valence-electron chi connectivity index (χ2n) is 5.07. The van der Waals surface area contributed by atoms with E-state index in [9.17, 15) is 0 Å². The third-order valence-corrected chi connectivity index (χ3v) is 3.50. The van der Waals surface area contributed by atoms with E-state index in [1.54, 1.807) is 6.26 Å². The van der Waals surface area contributed by atoms with Gasteiger partial charge < -0.3 is 15.1 Å². The summed E-state index contributed by atoms with van der Waals surface area (Å²) in [5.41, 5.74) is 0. The van der Waals surface area contributed by atoms with Crippen LogP contribution in [0, 0.1) is 0 Å². The number of nitrogens with one attached hydrogen (secondary N) is 2. The van der Waals surface area contributed by atoms with Gasteiger partial charge in [-0.15, -0.1) is 24.0 Å². The van der Waals surface area contributed by atoms with Crippen molar-refractivity contribution in [2.45, 2.75) is 51.5 Å². The van der Waals surface area contributed by atoms with Crippen LogP contribution in [-0.4, -0.2) is 25.1 Å². The molecule has 0 amide bonds. The number of rotatable bonds is 5. The fraction of sp³-hybridized carbons (Fsp3) is 0.667. The van der Waals surface area contributed by atoms with E-state index in [0.717, 1.165) is 31.2 Å². The van der Waals surface area contributed by atoms with Crippen LogP contribution in [0.15, 0.2) is 27.8 Å². The lowest BCUT2D eigenvalue weighted by atomic mass is 9.96. The van der Waals surface area contributed by atoms with Crippen LogP contribution in [0.3, 0.4) is 0 Å². The summed E-state index contributed by atoms with van der Waals surface area (Å²) in [5.74, 6) is 1.94. The molecule has 5 heteroatoms. The van der Waals surface area contributed by atoms with Gasteiger partial charge >= 0.3 is 0 Å². The van der Waals surface area contributed by atoms with Crippen molar-refractivity contribution in [3.8, 4) is 0 Å². The Labute approximate surface area is 138 Å². The molecule has 1 fully saturated rings. The van der Waals surface area contributed by atoms with E-state index in [4.69, 9.17) is 4.42 Å². The zero-order valence-corrected chi connectivity index (χ0v) is 14.6. The Morgan fingerprint density at radius 2 is 2.15 bits per heavy atom. The van der Waals surface area contributed by atoms with Gasteiger partial charge in [0.15, 0.2) is 5.96 Å². The van der Waals surface area contributed by atoms with Crippen molar-refractivity contribution in [1.82, 2.24) is 10.6 Å². The first kappa shape index (κ1) is 17.3. The largest absolute Gasteiger partial charge is 0.469 e. The molecule has 0 spiro atoms. The highest BCUT2D eigenvalue weighted by Crippen LogP contribution is 2.17. The van der Waals surface area contributed by atoms with Crippen molar-refractivity contribution >= 4 is 29.9 Å². The zero-order valence-electron chi connectivity index (χ0n) is 12.2. The van der Waals surface area contributed by atoms with Crippen LogP contribution in [0.4, 0.5) is 0 Å². The topological polar surface area (TPSA) is 49.6 Å². The summed E-state index contributed by atoms with van der Waals surface area (Å²) in [4.78, 5) is 4.62. The molecule has 1 aromatic rings. The molecular formula is C15H26IN3O. The number of hydrogen-bond donors (Lipinski definition) is 2. The van der Waals surface area contributed by atoms with Crippen LogP contribution >= 0.6 is 24.0 Å². The summed E-state index contributed by atoms with van der Waals surface area (Å²) in [6, 6.07) is 4.51. The van der Waals surface area contributed by atoms with Gasteiger partial charge in [-0.3, -0.25) is 4.99 Å². The third-order valence-electron chi connectivity index (χ3n) is 3.50. The lowest BCUT2D eigenvalue weighted by Gasteiger charge is -2.24. The summed E-state index contributed by atoms with van der Waals surface area (Å²) in [5, 5.41) is 6.86. The number of aliphatic imine (C=N–C) groups is 1. The minimum absolute atomic E-state index is 0. The SMILES string of the molecule is CCNC(=NCCc1ccco1)NC1CCCCC1.I. The quantitative estimate of drug-likeness (QED) is 0.460. The monoisotopic (exact) mass is 391 g/mol. The van der Waals surface area contributed by atoms with Crippen LogP contribution in [0.5, 0.6) is 0 Å². The first-order valence-electron chi connectivity index (χ1n) is 7.45. The molecule has 20 heavy (non-hydrogen) atoms. The Balaban J connectivity index is 0.00000200. The number of halogens is 1. The molecule has 0 aliphatic heterocycles. The predicted molar refractivity (Wildman–Crippen MR) is 93.8 cm³/mol. The highest BCUT2D eigenvalue weighted by molar-refractivity contribution is 14.0. The fourth-order valence-corrected chi connectivity index (χ4v) is 2.49. The Hall–Kier alpha value is -0.720. The van der Waals surface area contributed by atoms with Crippen LogP contribution in [-0.2, 0) is 6.42 Å². The minimum atomic E-state index is 0. The lowest BCUT2D eigenvalue weighted by molar-refractivity contribution is 0.410. The van der Waals surface area contributed by atoms with Crippen LogP contribution < -0.4 is 10.6 Å². The summed E-state index contributed by atoms with van der Waals surface area (Å²) in [6.45, 7) is 3.76. The van der Waals surface area contributed by atoms with Crippen molar-refractivity contribution in [2.75, 3.05) is 13.1 Å². The Bertz CT molecular complexity index is 372. The number of nitrogens with zero attached hydrogens (tertiary/aromatic N) is 1. The first-order chi connectivity index (χ1) is 9.38. The van der Waals surface area contributed by atoms with E-state index >= 15 is 0 Å². The van der Waals surface area contributed by atoms with Gasteiger partial charge in [0.2, 0.25) is 0 Å². The van der Waals surface area contributed by atoms with E-state index in [1.165, 1.54) is 32.1 Å². The van der Waals surface area contributed by atoms with Gasteiger partial charge in [-0.05, 0) is 31.9 Å². The van der Waals surface area contributed by atoms with Crippen molar-refractivity contribution in [1.29, 1.82) is 0 Å². The van der Waals surface area contributed by atoms with Crippen molar-refractivity contribution in [3.05, 3.63) is 24.2 Å². The van der Waals surface area contributed by atoms with E-state index in [-0.39, 0.29) is 24.0 Å². The molecular weight excluding hydrogens is 365 g/mol. The Morgan fingerprint density at radius 3 is 2.80 bits per heavy atom. The Kier molecular flexibility index (Phi) is 8.73. The number of guanidine groups is 1. The molecule has 0 bridgehead atoms. The average molecular weight is 391 g/mol. The molecule has 1 aromatic heterocycles. The van der Waals surface area contributed by atoms with Crippen molar-refractivity contribution in [3.63, 3.8) is 0 Å². The van der Waals surface area contributed by atoms with Crippen molar-refractivity contribution < 1.29 is 4.42 Å². The van der Waals surface area contributed by atoms with Crippen molar-refractivity contribution in [2.24, 2.45) is 4.99 Å². The van der Waals surface area contributed by atoms with Gasteiger partial charge in [0.1, 0.15) is 5.76 Å². The van der Waals surface area contributed by atoms with Crippen LogP contribution in [0.2, 0.25) is 0 Å². The second-order valence-corrected chi connectivity index (χ2v) is 5.07. The van der Waals surface area contributed by atoms with E-state index in [1.807, 2.05) is 12.1 Å². The normalized spacial score (nSPS) is 16.6. The molecule has 1 heterocycles. The summed E-state index contributed by atoms with van der Waals surface area (Å²) < 4.78 is 5.32. The molecule has 114 valence electrons. The number of hydrogen-bond acceptors (Lipinski definition) is 2. The summed E-state index contributed by atoms with van der Waals surface area (Å²) in [7, 11) is 0. The molecule has 1 aliphatic carbocycles. The average Bonchev–Trinajstić information content (AvgIpc) is 2.93. The standard InChI is InChI=1S/C15H25N3O.HI/c1-2-16-15(18-13-7-4-3-5-8-13)17-11-10-14-9-6-12-19-14;/h6,9,12-13H,2-5,7-8,10-11H2,1H3,(H2,16,17,18);1H. The second kappa shape index (κ2) is 10.1. The molecule has 2 N–H and O–H groups in total. The van der Waals surface area contributed by atoms with Gasteiger partial charge in [-0.2, -0.15) is 0 Å². The Morgan fingerprint density at radius 1 is 1.35 bits per heavy atom. The zero-order chi connectivity index (χ0) is 13.3. The van der Waals surface area contributed by atoms with Gasteiger partial charge in [-0.25, -0.2) is 0 Å². The van der Waals surface area contributed by atoms with Gasteiger partial charge in [0, 0.05) is 25.6 Å². The lowest BCUT2D eigenvalue weighted by Crippen LogP contribution is -2.44. The number of furan rings is 1. The fourth-order valence-electron chi connectivity index (χ4n) is 2.49. The summed E-state index contributed by atoms with van der Waals surface area (Å²) >= 11 is 0. The molecule has 0 unspecified atom stereocenters. The predicted octanol–water partition coefficient (Wildman–Crippen LogP) is 3.33. The van der Waals surface area contributed by atoms with Crippen LogP contribution in [0.1, 0.15) is 44.8 Å². The first-order valence-corrected chi connectivity index (χ1v) is 7.45. The molecule has 0 atom stereocenters. The molecule has 1 saturated carbocycles. The molecule has 4 nitrogen and oxygen atoms in total. The van der Waals surface area contributed by atoms with Gasteiger partial charge in [-0.1, -0.05) is 19.3 Å². The van der Waals surface area contributed by atoms with E-state index in [0.29, 0.717) is 6.04 Å². The molecule has 1 aliphatic rings. The molecule has 0 radical (unpaired) electrons. The highest BCUT2D eigenvalue weighted by atomic mass is 127. The summed E-state index contributed by atoms with van der Waals surface area (Å²) in [6.07, 6.45) is 9.15. The minimum Gasteiger partial charge on any atom is -0.469 e. The van der Waals surface area contributed by atoms with Gasteiger partial charge in [0.05, 0.1) is 6.26 Å². The van der Waals surface area contributed by atoms with E-state index < -0.39 is 0 Å². The maximum Gasteiger partial charge on any atom is 0.191 e. The molecule has 0 saturated heterocycles. The van der Waals surface area contributed by atoms with Gasteiger partial charge in [0.25, 0.3) is 0 Å². The molecule has 0 aromatic carbocycles. The smallest absolute Gasteiger partial charge is 0.191 e.